The van der Waals surface area contributed by atoms with Gasteiger partial charge in [-0.15, -0.1) is 0 Å². The smallest absolute Gasteiger partial charge is 0.388 e. The summed E-state index contributed by atoms with van der Waals surface area (Å²) in [5.74, 6) is -0.656. The van der Waals surface area contributed by atoms with Crippen LogP contribution in [-0.2, 0) is 10.4 Å². The SMILES string of the molecule is CSOC(=O)c1ccc(C(F)(F)F)cc1. The first kappa shape index (κ1) is 11.9. The first-order chi connectivity index (χ1) is 6.95. The first-order valence-corrected chi connectivity index (χ1v) is 5.02. The molecular formula is C9H7F3O2S. The van der Waals surface area contributed by atoms with E-state index in [1.54, 1.807) is 6.26 Å². The average molecular weight is 236 g/mol. The molecule has 0 aliphatic rings. The van der Waals surface area contributed by atoms with E-state index in [9.17, 15) is 18.0 Å². The van der Waals surface area contributed by atoms with Gasteiger partial charge in [0.1, 0.15) is 0 Å². The molecule has 0 heterocycles. The second-order valence-electron chi connectivity index (χ2n) is 2.61. The third kappa shape index (κ3) is 3.16. The Morgan fingerprint density at radius 3 is 2.20 bits per heavy atom. The summed E-state index contributed by atoms with van der Waals surface area (Å²) in [6, 6.07) is 3.86. The molecular weight excluding hydrogens is 229 g/mol. The molecule has 0 bridgehead atoms. The number of alkyl halides is 3. The lowest BCUT2D eigenvalue weighted by Gasteiger charge is -2.06. The standard InChI is InChI=1S/C9H7F3O2S/c1-15-14-8(13)6-2-4-7(5-3-6)9(10,11)12/h2-5H,1H3. The summed E-state index contributed by atoms with van der Waals surface area (Å²) in [7, 11) is 0. The third-order valence-corrected chi connectivity index (χ3v) is 1.92. The minimum atomic E-state index is -4.39. The van der Waals surface area contributed by atoms with Gasteiger partial charge < -0.3 is 4.18 Å². The summed E-state index contributed by atoms with van der Waals surface area (Å²) in [4.78, 5) is 11.1. The highest BCUT2D eigenvalue weighted by Crippen LogP contribution is 2.29. The third-order valence-electron chi connectivity index (χ3n) is 1.61. The van der Waals surface area contributed by atoms with Crippen molar-refractivity contribution in [2.45, 2.75) is 6.18 Å². The van der Waals surface area contributed by atoms with E-state index in [0.717, 1.165) is 36.3 Å². The van der Waals surface area contributed by atoms with Crippen molar-refractivity contribution in [2.75, 3.05) is 6.26 Å². The van der Waals surface area contributed by atoms with Crippen LogP contribution in [0.2, 0.25) is 0 Å². The minimum Gasteiger partial charge on any atom is -0.388 e. The van der Waals surface area contributed by atoms with Crippen LogP contribution in [-0.4, -0.2) is 12.2 Å². The lowest BCUT2D eigenvalue weighted by molar-refractivity contribution is -0.137. The topological polar surface area (TPSA) is 26.3 Å². The van der Waals surface area contributed by atoms with Gasteiger partial charge in [-0.05, 0) is 24.3 Å². The number of halogens is 3. The molecule has 0 fully saturated rings. The second-order valence-corrected chi connectivity index (χ2v) is 3.11. The van der Waals surface area contributed by atoms with Crippen LogP contribution < -0.4 is 0 Å². The maximum atomic E-state index is 12.1. The fourth-order valence-corrected chi connectivity index (χ4v) is 1.17. The summed E-state index contributed by atoms with van der Waals surface area (Å²) >= 11 is 0.843. The van der Waals surface area contributed by atoms with Crippen molar-refractivity contribution in [1.82, 2.24) is 0 Å². The van der Waals surface area contributed by atoms with Crippen molar-refractivity contribution in [3.05, 3.63) is 35.4 Å². The highest BCUT2D eigenvalue weighted by Gasteiger charge is 2.30. The van der Waals surface area contributed by atoms with Crippen LogP contribution in [0.25, 0.3) is 0 Å². The van der Waals surface area contributed by atoms with Crippen molar-refractivity contribution in [1.29, 1.82) is 0 Å². The molecule has 0 amide bonds. The predicted octanol–water partition coefficient (Wildman–Crippen LogP) is 3.14. The summed E-state index contributed by atoms with van der Waals surface area (Å²) in [5.41, 5.74) is -0.694. The summed E-state index contributed by atoms with van der Waals surface area (Å²) in [5, 5.41) is 0. The number of benzene rings is 1. The molecule has 6 heteroatoms. The normalized spacial score (nSPS) is 11.2. The van der Waals surface area contributed by atoms with Crippen LogP contribution in [0.4, 0.5) is 13.2 Å². The Hall–Kier alpha value is -1.17. The monoisotopic (exact) mass is 236 g/mol. The highest BCUT2D eigenvalue weighted by atomic mass is 32.2. The molecule has 1 rings (SSSR count). The van der Waals surface area contributed by atoms with Gasteiger partial charge in [0.2, 0.25) is 0 Å². The van der Waals surface area contributed by atoms with E-state index in [0.29, 0.717) is 0 Å². The molecule has 0 N–H and O–H groups in total. The van der Waals surface area contributed by atoms with Gasteiger partial charge >= 0.3 is 12.1 Å². The fourth-order valence-electron chi connectivity index (χ4n) is 0.919. The van der Waals surface area contributed by atoms with Gasteiger partial charge in [0.15, 0.2) is 0 Å². The van der Waals surface area contributed by atoms with Crippen molar-refractivity contribution in [3.8, 4) is 0 Å². The van der Waals surface area contributed by atoms with Gasteiger partial charge in [-0.3, -0.25) is 0 Å². The number of rotatable bonds is 2. The average Bonchev–Trinajstić information content (AvgIpc) is 2.17. The molecule has 1 aromatic carbocycles. The zero-order chi connectivity index (χ0) is 11.5. The Labute approximate surface area is 88.6 Å². The van der Waals surface area contributed by atoms with E-state index in [4.69, 9.17) is 0 Å². The van der Waals surface area contributed by atoms with E-state index >= 15 is 0 Å². The fraction of sp³-hybridized carbons (Fsp3) is 0.222. The van der Waals surface area contributed by atoms with Crippen LogP contribution in [0.15, 0.2) is 24.3 Å². The van der Waals surface area contributed by atoms with Crippen molar-refractivity contribution in [2.24, 2.45) is 0 Å². The zero-order valence-electron chi connectivity index (χ0n) is 7.67. The molecule has 0 saturated heterocycles. The molecule has 1 aromatic rings. The van der Waals surface area contributed by atoms with Crippen LogP contribution in [0.1, 0.15) is 15.9 Å². The second kappa shape index (κ2) is 4.57. The van der Waals surface area contributed by atoms with E-state index in [1.807, 2.05) is 0 Å². The summed E-state index contributed by atoms with van der Waals surface area (Å²) in [6.07, 6.45) is -2.84. The Kier molecular flexibility index (Phi) is 3.62. The molecule has 0 saturated carbocycles. The van der Waals surface area contributed by atoms with Gasteiger partial charge in [-0.2, -0.15) is 13.2 Å². The largest absolute Gasteiger partial charge is 0.416 e. The number of hydrogen-bond donors (Lipinski definition) is 0. The van der Waals surface area contributed by atoms with Crippen LogP contribution in [0, 0.1) is 0 Å². The summed E-state index contributed by atoms with van der Waals surface area (Å²) < 4.78 is 41.0. The Bertz CT molecular complexity index is 345. The lowest BCUT2D eigenvalue weighted by atomic mass is 10.1. The molecule has 0 atom stereocenters. The van der Waals surface area contributed by atoms with E-state index in [1.165, 1.54) is 0 Å². The van der Waals surface area contributed by atoms with Crippen molar-refractivity contribution < 1.29 is 22.1 Å². The number of hydrogen-bond acceptors (Lipinski definition) is 3. The van der Waals surface area contributed by atoms with Crippen molar-refractivity contribution >= 4 is 18.0 Å². The molecule has 0 unspecified atom stereocenters. The Morgan fingerprint density at radius 1 is 1.27 bits per heavy atom. The zero-order valence-corrected chi connectivity index (χ0v) is 8.48. The van der Waals surface area contributed by atoms with E-state index in [2.05, 4.69) is 4.18 Å². The number of carbonyl (C=O) groups is 1. The van der Waals surface area contributed by atoms with Crippen LogP contribution in [0.3, 0.4) is 0 Å². The molecule has 0 aliphatic heterocycles. The first-order valence-electron chi connectivity index (χ1n) is 3.87. The molecule has 2 nitrogen and oxygen atoms in total. The quantitative estimate of drug-likeness (QED) is 0.738. The molecule has 0 aliphatic carbocycles. The number of carbonyl (C=O) groups excluding carboxylic acids is 1. The van der Waals surface area contributed by atoms with Gasteiger partial charge in [-0.25, -0.2) is 4.79 Å². The van der Waals surface area contributed by atoms with Gasteiger partial charge in [0.05, 0.1) is 23.2 Å². The molecule has 0 spiro atoms. The van der Waals surface area contributed by atoms with E-state index in [-0.39, 0.29) is 5.56 Å². The molecule has 82 valence electrons. The maximum absolute atomic E-state index is 12.1. The van der Waals surface area contributed by atoms with E-state index < -0.39 is 17.7 Å². The van der Waals surface area contributed by atoms with Crippen LogP contribution in [0.5, 0.6) is 0 Å². The maximum Gasteiger partial charge on any atom is 0.416 e. The Morgan fingerprint density at radius 2 is 1.80 bits per heavy atom. The molecule has 15 heavy (non-hydrogen) atoms. The Balaban J connectivity index is 2.86. The predicted molar refractivity (Wildman–Crippen MR) is 50.4 cm³/mol. The lowest BCUT2D eigenvalue weighted by Crippen LogP contribution is -2.06. The van der Waals surface area contributed by atoms with Gasteiger partial charge in [0.25, 0.3) is 0 Å². The molecule has 0 aromatic heterocycles. The van der Waals surface area contributed by atoms with Crippen molar-refractivity contribution in [3.63, 3.8) is 0 Å². The summed E-state index contributed by atoms with van der Waals surface area (Å²) in [6.45, 7) is 0. The van der Waals surface area contributed by atoms with Crippen LogP contribution >= 0.6 is 12.0 Å². The van der Waals surface area contributed by atoms with Gasteiger partial charge in [0, 0.05) is 6.26 Å². The molecule has 0 radical (unpaired) electrons. The minimum absolute atomic E-state index is 0.0948. The van der Waals surface area contributed by atoms with Gasteiger partial charge in [-0.1, -0.05) is 0 Å². The highest BCUT2D eigenvalue weighted by molar-refractivity contribution is 7.94.